The Kier molecular flexibility index (Phi) is 5.07. The smallest absolute Gasteiger partial charge is 0.0851 e. The molecule has 0 amide bonds. The lowest BCUT2D eigenvalue weighted by molar-refractivity contribution is 0.0904. The molecule has 93 valence electrons. The number of hydrogen-bond acceptors (Lipinski definition) is 2. The van der Waals surface area contributed by atoms with Gasteiger partial charge in [0.1, 0.15) is 0 Å². The average Bonchev–Trinajstić information content (AvgIpc) is 2.83. The number of rotatable bonds is 5. The average molecular weight is 225 g/mol. The van der Waals surface area contributed by atoms with Crippen molar-refractivity contribution in [2.45, 2.75) is 32.1 Å². The molecule has 2 fully saturated rings. The Bertz CT molecular complexity index is 184. The van der Waals surface area contributed by atoms with Crippen LogP contribution in [0.15, 0.2) is 0 Å². The van der Waals surface area contributed by atoms with E-state index in [1.807, 2.05) is 0 Å². The van der Waals surface area contributed by atoms with Crippen LogP contribution >= 0.6 is 0 Å². The Labute approximate surface area is 99.2 Å². The topological polar surface area (TPSA) is 35.2 Å². The third-order valence-corrected chi connectivity index (χ3v) is 4.19. The van der Waals surface area contributed by atoms with Gasteiger partial charge in [-0.15, -0.1) is 0 Å². The predicted octanol–water partition coefficient (Wildman–Crippen LogP) is 1.52. The van der Waals surface area contributed by atoms with Crippen LogP contribution in [-0.4, -0.2) is 44.2 Å². The van der Waals surface area contributed by atoms with Crippen molar-refractivity contribution in [3.05, 3.63) is 0 Å². The first-order chi connectivity index (χ1) is 7.88. The molecule has 0 aromatic rings. The Hall–Kier alpha value is -0.120. The van der Waals surface area contributed by atoms with E-state index in [4.69, 9.17) is 0 Å². The van der Waals surface area contributed by atoms with E-state index in [0.29, 0.717) is 5.92 Å². The largest absolute Gasteiger partial charge is 0.316 e. The number of hydrogen-bond donors (Lipinski definition) is 1. The molecule has 0 aliphatic carbocycles. The fourth-order valence-corrected chi connectivity index (χ4v) is 2.94. The Morgan fingerprint density at radius 3 is 2.56 bits per heavy atom. The van der Waals surface area contributed by atoms with Gasteiger partial charge in [-0.05, 0) is 76.7 Å². The van der Waals surface area contributed by atoms with Crippen molar-refractivity contribution < 1.29 is 5.11 Å². The third kappa shape index (κ3) is 3.72. The van der Waals surface area contributed by atoms with Gasteiger partial charge in [-0.2, -0.15) is 0 Å². The first kappa shape index (κ1) is 12.3. The summed E-state index contributed by atoms with van der Waals surface area (Å²) in [6.45, 7) is 6.17. The summed E-state index contributed by atoms with van der Waals surface area (Å²) in [4.78, 5) is 2.55. The molecule has 1 N–H and O–H groups in total. The van der Waals surface area contributed by atoms with Crippen molar-refractivity contribution in [3.63, 3.8) is 0 Å². The van der Waals surface area contributed by atoms with Gasteiger partial charge in [-0.1, -0.05) is 0 Å². The van der Waals surface area contributed by atoms with Crippen molar-refractivity contribution in [1.82, 2.24) is 10.2 Å². The molecule has 2 saturated heterocycles. The molecule has 1 atom stereocenters. The second-order valence-corrected chi connectivity index (χ2v) is 5.45. The summed E-state index contributed by atoms with van der Waals surface area (Å²) < 4.78 is 0. The van der Waals surface area contributed by atoms with Crippen LogP contribution in [0.2, 0.25) is 0 Å². The number of likely N-dealkylation sites (tertiary alicyclic amines) is 1. The highest BCUT2D eigenvalue weighted by Crippen LogP contribution is 2.18. The quantitative estimate of drug-likeness (QED) is 0.770. The molecule has 0 aromatic heterocycles. The molecule has 2 heterocycles. The van der Waals surface area contributed by atoms with E-state index in [1.54, 1.807) is 0 Å². The van der Waals surface area contributed by atoms with Crippen molar-refractivity contribution in [2.75, 3.05) is 39.3 Å². The van der Waals surface area contributed by atoms with Gasteiger partial charge in [0.25, 0.3) is 0 Å². The standard InChI is InChI=1S/C13H25N2O/c16-11-13-4-8-15(9-5-13)7-1-2-12-3-6-14-10-12/h12-14H,1-11H2. The molecular formula is C13H25N2O. The van der Waals surface area contributed by atoms with Gasteiger partial charge in [0.05, 0.1) is 6.61 Å². The first-order valence-electron chi connectivity index (χ1n) is 6.89. The molecular weight excluding hydrogens is 200 g/mol. The highest BCUT2D eigenvalue weighted by atomic mass is 16.3. The fourth-order valence-electron chi connectivity index (χ4n) is 2.94. The Morgan fingerprint density at radius 2 is 1.94 bits per heavy atom. The summed E-state index contributed by atoms with van der Waals surface area (Å²) in [5.41, 5.74) is 0. The van der Waals surface area contributed by atoms with Gasteiger partial charge >= 0.3 is 0 Å². The SMILES string of the molecule is [O]CC1CCN(CCCC2CCNC2)CC1. The molecule has 0 bridgehead atoms. The monoisotopic (exact) mass is 225 g/mol. The molecule has 16 heavy (non-hydrogen) atoms. The maximum absolute atomic E-state index is 10.8. The van der Waals surface area contributed by atoms with Gasteiger partial charge in [0.15, 0.2) is 0 Å². The van der Waals surface area contributed by atoms with Crippen LogP contribution < -0.4 is 5.32 Å². The summed E-state index contributed by atoms with van der Waals surface area (Å²) in [7, 11) is 0. The molecule has 1 radical (unpaired) electrons. The Balaban J connectivity index is 1.53. The van der Waals surface area contributed by atoms with E-state index in [1.165, 1.54) is 38.9 Å². The van der Waals surface area contributed by atoms with E-state index in [0.717, 1.165) is 31.8 Å². The van der Waals surface area contributed by atoms with Gasteiger partial charge in [0.2, 0.25) is 0 Å². The number of nitrogens with zero attached hydrogens (tertiary/aromatic N) is 1. The van der Waals surface area contributed by atoms with Gasteiger partial charge in [-0.25, -0.2) is 5.11 Å². The summed E-state index contributed by atoms with van der Waals surface area (Å²) in [5.74, 6) is 1.40. The predicted molar refractivity (Wildman–Crippen MR) is 64.9 cm³/mol. The fraction of sp³-hybridized carbons (Fsp3) is 1.00. The Morgan fingerprint density at radius 1 is 1.12 bits per heavy atom. The van der Waals surface area contributed by atoms with Crippen LogP contribution in [0.3, 0.4) is 0 Å². The molecule has 2 aliphatic heterocycles. The van der Waals surface area contributed by atoms with Crippen LogP contribution in [0, 0.1) is 11.8 Å². The van der Waals surface area contributed by atoms with Crippen LogP contribution in [0.1, 0.15) is 32.1 Å². The van der Waals surface area contributed by atoms with Gasteiger partial charge < -0.3 is 10.2 Å². The summed E-state index contributed by atoms with van der Waals surface area (Å²) in [6, 6.07) is 0. The highest BCUT2D eigenvalue weighted by Gasteiger charge is 2.19. The van der Waals surface area contributed by atoms with Crippen molar-refractivity contribution in [2.24, 2.45) is 11.8 Å². The summed E-state index contributed by atoms with van der Waals surface area (Å²) in [6.07, 6.45) is 6.37. The molecule has 0 aromatic carbocycles. The van der Waals surface area contributed by atoms with Crippen LogP contribution in [0.5, 0.6) is 0 Å². The number of piperidine rings is 1. The lowest BCUT2D eigenvalue weighted by Crippen LogP contribution is -2.35. The molecule has 3 nitrogen and oxygen atoms in total. The van der Waals surface area contributed by atoms with E-state index >= 15 is 0 Å². The molecule has 3 heteroatoms. The molecule has 0 saturated carbocycles. The van der Waals surface area contributed by atoms with Gasteiger partial charge in [0, 0.05) is 0 Å². The van der Waals surface area contributed by atoms with Crippen LogP contribution in [0.25, 0.3) is 0 Å². The number of nitrogens with one attached hydrogen (secondary N) is 1. The third-order valence-electron chi connectivity index (χ3n) is 4.19. The van der Waals surface area contributed by atoms with Crippen molar-refractivity contribution in [1.29, 1.82) is 0 Å². The zero-order chi connectivity index (χ0) is 11.2. The second-order valence-electron chi connectivity index (χ2n) is 5.45. The maximum atomic E-state index is 10.8. The van der Waals surface area contributed by atoms with E-state index < -0.39 is 0 Å². The van der Waals surface area contributed by atoms with Crippen molar-refractivity contribution in [3.8, 4) is 0 Å². The molecule has 2 rings (SSSR count). The molecule has 2 aliphatic rings. The summed E-state index contributed by atoms with van der Waals surface area (Å²) in [5, 5.41) is 14.2. The van der Waals surface area contributed by atoms with E-state index in [2.05, 4.69) is 10.2 Å². The van der Waals surface area contributed by atoms with Crippen LogP contribution in [-0.2, 0) is 5.11 Å². The van der Waals surface area contributed by atoms with E-state index in [-0.39, 0.29) is 6.61 Å². The second kappa shape index (κ2) is 6.58. The zero-order valence-electron chi connectivity index (χ0n) is 10.3. The minimum absolute atomic E-state index is 0.140. The molecule has 1 unspecified atom stereocenters. The normalized spacial score (nSPS) is 28.7. The minimum Gasteiger partial charge on any atom is -0.316 e. The maximum Gasteiger partial charge on any atom is 0.0851 e. The van der Waals surface area contributed by atoms with Gasteiger partial charge in [-0.3, -0.25) is 0 Å². The van der Waals surface area contributed by atoms with Crippen LogP contribution in [0.4, 0.5) is 0 Å². The zero-order valence-corrected chi connectivity index (χ0v) is 10.3. The van der Waals surface area contributed by atoms with Crippen molar-refractivity contribution >= 4 is 0 Å². The molecule has 0 spiro atoms. The lowest BCUT2D eigenvalue weighted by atomic mass is 9.97. The summed E-state index contributed by atoms with van der Waals surface area (Å²) >= 11 is 0. The van der Waals surface area contributed by atoms with E-state index in [9.17, 15) is 5.11 Å². The minimum atomic E-state index is 0.140. The first-order valence-corrected chi connectivity index (χ1v) is 6.89. The lowest BCUT2D eigenvalue weighted by Gasteiger charge is -2.30. The highest BCUT2D eigenvalue weighted by molar-refractivity contribution is 4.74.